The molecular formula is C14H20BrF3OSi. The van der Waals surface area contributed by atoms with Gasteiger partial charge < -0.3 is 4.43 Å². The summed E-state index contributed by atoms with van der Waals surface area (Å²) in [6, 6.07) is 6.23. The van der Waals surface area contributed by atoms with Crippen LogP contribution < -0.4 is 0 Å². The number of rotatable bonds is 5. The van der Waals surface area contributed by atoms with E-state index in [1.807, 2.05) is 0 Å². The molecule has 1 aromatic carbocycles. The van der Waals surface area contributed by atoms with Crippen LogP contribution >= 0.6 is 15.9 Å². The van der Waals surface area contributed by atoms with Crippen molar-refractivity contribution in [2.24, 2.45) is 0 Å². The third-order valence-corrected chi connectivity index (χ3v) is 4.34. The van der Waals surface area contributed by atoms with Crippen molar-refractivity contribution in [2.75, 3.05) is 0 Å². The summed E-state index contributed by atoms with van der Waals surface area (Å²) in [5.41, 5.74) is -2.02. The first-order valence-corrected chi connectivity index (χ1v) is 10.7. The summed E-state index contributed by atoms with van der Waals surface area (Å²) in [5.74, 6) is 0. The van der Waals surface area contributed by atoms with Crippen LogP contribution in [0.1, 0.15) is 25.3 Å². The summed E-state index contributed by atoms with van der Waals surface area (Å²) in [6.45, 7) is 7.08. The fraction of sp³-hybridized carbons (Fsp3) is 0.571. The summed E-state index contributed by atoms with van der Waals surface area (Å²) in [7, 11) is -2.37. The van der Waals surface area contributed by atoms with E-state index in [4.69, 9.17) is 4.43 Å². The molecule has 0 bridgehead atoms. The minimum Gasteiger partial charge on any atom is -0.400 e. The summed E-state index contributed by atoms with van der Waals surface area (Å²) in [5, 5.41) is 0. The molecule has 0 amide bonds. The van der Waals surface area contributed by atoms with E-state index in [-0.39, 0.29) is 12.0 Å². The van der Waals surface area contributed by atoms with Gasteiger partial charge in [-0.15, -0.1) is 0 Å². The molecule has 1 nitrogen and oxygen atoms in total. The lowest BCUT2D eigenvalue weighted by atomic mass is 9.89. The molecule has 0 saturated carbocycles. The second kappa shape index (κ2) is 6.20. The highest BCUT2D eigenvalue weighted by Gasteiger charge is 2.57. The van der Waals surface area contributed by atoms with Gasteiger partial charge in [0.15, 0.2) is 13.9 Å². The molecule has 1 aromatic rings. The van der Waals surface area contributed by atoms with Gasteiger partial charge in [0.05, 0.1) is 0 Å². The van der Waals surface area contributed by atoms with E-state index in [1.54, 1.807) is 38.7 Å². The van der Waals surface area contributed by atoms with Gasteiger partial charge in [0, 0.05) is 4.47 Å². The molecule has 1 rings (SSSR count). The number of hydrogen-bond acceptors (Lipinski definition) is 1. The molecule has 0 spiro atoms. The predicted octanol–water partition coefficient (Wildman–Crippen LogP) is 5.86. The predicted molar refractivity (Wildman–Crippen MR) is 81.2 cm³/mol. The minimum atomic E-state index is -4.43. The Bertz CT molecular complexity index is 439. The fourth-order valence-corrected chi connectivity index (χ4v) is 3.86. The molecule has 0 aliphatic heterocycles. The molecule has 0 aromatic heterocycles. The normalized spacial score (nSPS) is 16.0. The van der Waals surface area contributed by atoms with Crippen LogP contribution in [0.4, 0.5) is 13.2 Å². The van der Waals surface area contributed by atoms with Crippen molar-refractivity contribution in [1.82, 2.24) is 0 Å². The number of alkyl halides is 3. The smallest absolute Gasteiger partial charge is 0.400 e. The zero-order valence-electron chi connectivity index (χ0n) is 12.1. The van der Waals surface area contributed by atoms with Gasteiger partial charge in [0.1, 0.15) is 0 Å². The van der Waals surface area contributed by atoms with E-state index in [2.05, 4.69) is 15.9 Å². The van der Waals surface area contributed by atoms with Gasteiger partial charge in [-0.1, -0.05) is 41.4 Å². The maximum atomic E-state index is 13.8. The average molecular weight is 369 g/mol. The maximum Gasteiger partial charge on any atom is 0.420 e. The number of hydrogen-bond donors (Lipinski definition) is 0. The molecule has 0 aliphatic carbocycles. The Labute approximate surface area is 127 Å². The monoisotopic (exact) mass is 368 g/mol. The van der Waals surface area contributed by atoms with E-state index in [0.29, 0.717) is 6.42 Å². The second-order valence-electron chi connectivity index (χ2n) is 5.80. The van der Waals surface area contributed by atoms with E-state index in [0.717, 1.165) is 4.47 Å². The van der Waals surface area contributed by atoms with E-state index < -0.39 is 20.1 Å². The van der Waals surface area contributed by atoms with Crippen LogP contribution in [0.2, 0.25) is 19.6 Å². The minimum absolute atomic E-state index is 0.0671. The molecule has 0 N–H and O–H groups in total. The van der Waals surface area contributed by atoms with Gasteiger partial charge >= 0.3 is 6.18 Å². The van der Waals surface area contributed by atoms with Crippen molar-refractivity contribution in [2.45, 2.75) is 51.2 Å². The van der Waals surface area contributed by atoms with Crippen molar-refractivity contribution in [3.8, 4) is 0 Å². The van der Waals surface area contributed by atoms with Crippen LogP contribution in [0.5, 0.6) is 0 Å². The van der Waals surface area contributed by atoms with E-state index in [1.165, 1.54) is 12.1 Å². The quantitative estimate of drug-likeness (QED) is 0.591. The van der Waals surface area contributed by atoms with Crippen molar-refractivity contribution in [3.05, 3.63) is 34.3 Å². The topological polar surface area (TPSA) is 9.23 Å². The van der Waals surface area contributed by atoms with Crippen LogP contribution in [0.3, 0.4) is 0 Å². The first-order valence-electron chi connectivity index (χ1n) is 6.55. The highest BCUT2D eigenvalue weighted by Crippen LogP contribution is 2.47. The molecule has 0 heterocycles. The molecule has 0 radical (unpaired) electrons. The lowest BCUT2D eigenvalue weighted by Gasteiger charge is -2.41. The molecule has 0 aliphatic rings. The third kappa shape index (κ3) is 4.08. The van der Waals surface area contributed by atoms with E-state index >= 15 is 0 Å². The highest BCUT2D eigenvalue weighted by molar-refractivity contribution is 9.10. The Morgan fingerprint density at radius 1 is 1.10 bits per heavy atom. The Balaban J connectivity index is 3.40. The van der Waals surface area contributed by atoms with Crippen molar-refractivity contribution < 1.29 is 17.6 Å². The molecule has 20 heavy (non-hydrogen) atoms. The van der Waals surface area contributed by atoms with Crippen molar-refractivity contribution in [3.63, 3.8) is 0 Å². The maximum absolute atomic E-state index is 13.8. The van der Waals surface area contributed by atoms with Crippen LogP contribution in [0.25, 0.3) is 0 Å². The Morgan fingerprint density at radius 2 is 1.60 bits per heavy atom. The summed E-state index contributed by atoms with van der Waals surface area (Å²) < 4.78 is 47.7. The van der Waals surface area contributed by atoms with Gasteiger partial charge in [0.25, 0.3) is 0 Å². The first kappa shape index (κ1) is 17.7. The molecular weight excluding hydrogens is 349 g/mol. The molecule has 114 valence electrons. The van der Waals surface area contributed by atoms with Crippen LogP contribution in [-0.4, -0.2) is 14.5 Å². The van der Waals surface area contributed by atoms with Crippen LogP contribution in [0, 0.1) is 0 Å². The van der Waals surface area contributed by atoms with Gasteiger partial charge in [-0.05, 0) is 43.8 Å². The number of halogens is 4. The lowest BCUT2D eigenvalue weighted by molar-refractivity contribution is -0.261. The summed E-state index contributed by atoms with van der Waals surface area (Å²) in [6.07, 6.45) is -4.10. The van der Waals surface area contributed by atoms with Crippen molar-refractivity contribution >= 4 is 24.2 Å². The Kier molecular flexibility index (Phi) is 5.49. The zero-order valence-corrected chi connectivity index (χ0v) is 14.7. The van der Waals surface area contributed by atoms with Gasteiger partial charge in [0.2, 0.25) is 0 Å². The average Bonchev–Trinajstić information content (AvgIpc) is 2.26. The van der Waals surface area contributed by atoms with E-state index in [9.17, 15) is 13.2 Å². The standard InChI is InChI=1S/C14H20BrF3OSi/c1-5-10-13(14(16,17)18,19-20(2,3)4)11-6-8-12(15)9-7-11/h6-9H,5,10H2,1-4H3. The highest BCUT2D eigenvalue weighted by atomic mass is 79.9. The lowest BCUT2D eigenvalue weighted by Crippen LogP contribution is -2.50. The molecule has 1 atom stereocenters. The zero-order chi connectivity index (χ0) is 15.6. The second-order valence-corrected chi connectivity index (χ2v) is 11.1. The van der Waals surface area contributed by atoms with Crippen molar-refractivity contribution in [1.29, 1.82) is 0 Å². The first-order chi connectivity index (χ1) is 9.02. The largest absolute Gasteiger partial charge is 0.420 e. The molecule has 0 fully saturated rings. The SMILES string of the molecule is CCCC(O[Si](C)(C)C)(c1ccc(Br)cc1)C(F)(F)F. The summed E-state index contributed by atoms with van der Waals surface area (Å²) >= 11 is 3.25. The fourth-order valence-electron chi connectivity index (χ4n) is 2.21. The van der Waals surface area contributed by atoms with Gasteiger partial charge in [-0.2, -0.15) is 13.2 Å². The molecule has 6 heteroatoms. The van der Waals surface area contributed by atoms with Crippen LogP contribution in [0.15, 0.2) is 28.7 Å². The number of benzene rings is 1. The Hall–Kier alpha value is -0.333. The molecule has 1 unspecified atom stereocenters. The Morgan fingerprint density at radius 3 is 1.95 bits per heavy atom. The van der Waals surface area contributed by atoms with Crippen LogP contribution in [-0.2, 0) is 10.0 Å². The van der Waals surface area contributed by atoms with Gasteiger partial charge in [-0.25, -0.2) is 0 Å². The molecule has 0 saturated heterocycles. The van der Waals surface area contributed by atoms with Gasteiger partial charge in [-0.3, -0.25) is 0 Å². The summed E-state index contributed by atoms with van der Waals surface area (Å²) in [4.78, 5) is 0. The third-order valence-electron chi connectivity index (χ3n) is 2.85.